The summed E-state index contributed by atoms with van der Waals surface area (Å²) in [5.74, 6) is 0.251. The smallest absolute Gasteiger partial charge is 0.311 e. The van der Waals surface area contributed by atoms with Crippen LogP contribution >= 0.6 is 0 Å². The lowest BCUT2D eigenvalue weighted by Gasteiger charge is -2.48. The second kappa shape index (κ2) is 6.96. The molecule has 0 aromatic carbocycles. The number of hydrogen-bond acceptors (Lipinski definition) is 5. The maximum Gasteiger partial charge on any atom is 0.311 e. The van der Waals surface area contributed by atoms with E-state index >= 15 is 0 Å². The Hall–Kier alpha value is -1.14. The van der Waals surface area contributed by atoms with Crippen molar-refractivity contribution in [2.75, 3.05) is 13.7 Å². The Morgan fingerprint density at radius 3 is 2.73 bits per heavy atom. The van der Waals surface area contributed by atoms with Gasteiger partial charge in [0, 0.05) is 12.6 Å². The number of amides is 1. The second-order valence-corrected chi connectivity index (χ2v) is 6.84. The minimum Gasteiger partial charge on any atom is -0.469 e. The maximum absolute atomic E-state index is 12.3. The molecule has 4 N–H and O–H groups in total. The Morgan fingerprint density at radius 1 is 1.41 bits per heavy atom. The summed E-state index contributed by atoms with van der Waals surface area (Å²) in [6.45, 7) is 1.95. The quantitative estimate of drug-likeness (QED) is 0.644. The zero-order chi connectivity index (χ0) is 16.3. The molecule has 3 unspecified atom stereocenters. The summed E-state index contributed by atoms with van der Waals surface area (Å²) in [6, 6.07) is 0.0147. The number of ether oxygens (including phenoxy) is 1. The molecule has 2 saturated carbocycles. The van der Waals surface area contributed by atoms with Crippen molar-refractivity contribution in [3.8, 4) is 0 Å². The first-order valence-corrected chi connectivity index (χ1v) is 8.22. The van der Waals surface area contributed by atoms with E-state index in [2.05, 4.69) is 5.32 Å². The molecule has 6 heteroatoms. The van der Waals surface area contributed by atoms with Crippen LogP contribution in [0.5, 0.6) is 0 Å². The van der Waals surface area contributed by atoms with E-state index in [0.29, 0.717) is 5.92 Å². The lowest BCUT2D eigenvalue weighted by molar-refractivity contribution is -0.159. The first-order chi connectivity index (χ1) is 10.5. The molecule has 0 radical (unpaired) electrons. The summed E-state index contributed by atoms with van der Waals surface area (Å²) in [7, 11) is 1.45. The standard InChI is InChI=1S/C16H28N2O4/c1-3-16(15(21)22-2)7-10-4-5-12(11(6-10)8-16)18-14(20)13(19)9-17/h10-13,19H,3-9,17H2,1-2H3,(H,18,20)/t10?,11?,12?,13-,16-/m1/s1. The first-order valence-electron chi connectivity index (χ1n) is 8.22. The largest absolute Gasteiger partial charge is 0.469 e. The van der Waals surface area contributed by atoms with Gasteiger partial charge in [0.05, 0.1) is 12.5 Å². The van der Waals surface area contributed by atoms with Gasteiger partial charge in [-0.25, -0.2) is 0 Å². The van der Waals surface area contributed by atoms with E-state index in [4.69, 9.17) is 10.5 Å². The van der Waals surface area contributed by atoms with Crippen molar-refractivity contribution in [2.45, 2.75) is 57.6 Å². The molecule has 22 heavy (non-hydrogen) atoms. The third-order valence-corrected chi connectivity index (χ3v) is 5.57. The maximum atomic E-state index is 12.3. The van der Waals surface area contributed by atoms with Crippen LogP contribution in [-0.4, -0.2) is 42.8 Å². The van der Waals surface area contributed by atoms with Crippen LogP contribution in [-0.2, 0) is 14.3 Å². The summed E-state index contributed by atoms with van der Waals surface area (Å²) in [4.78, 5) is 24.2. The lowest BCUT2D eigenvalue weighted by atomic mass is 9.58. The van der Waals surface area contributed by atoms with Gasteiger partial charge in [0.1, 0.15) is 6.10 Å². The number of rotatable bonds is 5. The van der Waals surface area contributed by atoms with Crippen LogP contribution in [0.25, 0.3) is 0 Å². The molecule has 0 spiro atoms. The fourth-order valence-electron chi connectivity index (χ4n) is 4.30. The van der Waals surface area contributed by atoms with Gasteiger partial charge in [0.2, 0.25) is 5.91 Å². The Kier molecular flexibility index (Phi) is 5.45. The van der Waals surface area contributed by atoms with E-state index in [1.54, 1.807) is 0 Å². The van der Waals surface area contributed by atoms with Gasteiger partial charge in [0.15, 0.2) is 0 Å². The monoisotopic (exact) mass is 312 g/mol. The molecular formula is C16H28N2O4. The van der Waals surface area contributed by atoms with Gasteiger partial charge in [-0.05, 0) is 50.4 Å². The average Bonchev–Trinajstić information content (AvgIpc) is 2.55. The summed E-state index contributed by atoms with van der Waals surface area (Å²) >= 11 is 0. The van der Waals surface area contributed by atoms with Gasteiger partial charge < -0.3 is 20.9 Å². The highest BCUT2D eigenvalue weighted by molar-refractivity contribution is 5.81. The highest BCUT2D eigenvalue weighted by Crippen LogP contribution is 2.51. The Balaban J connectivity index is 2.09. The predicted octanol–water partition coefficient (Wildman–Crippen LogP) is 0.570. The van der Waals surface area contributed by atoms with Crippen molar-refractivity contribution in [1.29, 1.82) is 0 Å². The molecule has 2 fully saturated rings. The number of methoxy groups -OCH3 is 1. The zero-order valence-corrected chi connectivity index (χ0v) is 13.5. The van der Waals surface area contributed by atoms with E-state index < -0.39 is 17.4 Å². The number of esters is 1. The van der Waals surface area contributed by atoms with Crippen LogP contribution in [0, 0.1) is 17.3 Å². The van der Waals surface area contributed by atoms with E-state index in [-0.39, 0.29) is 24.5 Å². The average molecular weight is 312 g/mol. The van der Waals surface area contributed by atoms with Crippen LogP contribution in [0.1, 0.15) is 45.4 Å². The predicted molar refractivity (Wildman–Crippen MR) is 81.8 cm³/mol. The van der Waals surface area contributed by atoms with Crippen LogP contribution < -0.4 is 11.1 Å². The van der Waals surface area contributed by atoms with Gasteiger partial charge >= 0.3 is 5.97 Å². The lowest BCUT2D eigenvalue weighted by Crippen LogP contribution is -2.53. The van der Waals surface area contributed by atoms with Crippen molar-refractivity contribution in [3.63, 3.8) is 0 Å². The first kappa shape index (κ1) is 17.2. The fourth-order valence-corrected chi connectivity index (χ4v) is 4.30. The van der Waals surface area contributed by atoms with Gasteiger partial charge in [0.25, 0.3) is 0 Å². The number of hydrogen-bond donors (Lipinski definition) is 3. The molecule has 0 aliphatic heterocycles. The zero-order valence-electron chi connectivity index (χ0n) is 13.5. The Labute approximate surface area is 131 Å². The third kappa shape index (κ3) is 3.27. The van der Waals surface area contributed by atoms with Crippen LogP contribution in [0.4, 0.5) is 0 Å². The molecule has 2 aliphatic carbocycles. The molecule has 2 bridgehead atoms. The molecule has 1 amide bonds. The number of nitrogens with one attached hydrogen (secondary N) is 1. The molecular weight excluding hydrogens is 284 g/mol. The molecule has 126 valence electrons. The van der Waals surface area contributed by atoms with Crippen LogP contribution in [0.3, 0.4) is 0 Å². The number of carbonyl (C=O) groups is 2. The molecule has 0 aromatic heterocycles. The van der Waals surface area contributed by atoms with Crippen LogP contribution in [0.2, 0.25) is 0 Å². The van der Waals surface area contributed by atoms with Gasteiger partial charge in [-0.1, -0.05) is 6.92 Å². The SMILES string of the molecule is CC[C@@]1(C(=O)OC)CC2CCC(NC(=O)[C@H](O)CN)C(C2)C1. The molecule has 5 atom stereocenters. The fraction of sp³-hybridized carbons (Fsp3) is 0.875. The van der Waals surface area contributed by atoms with Crippen molar-refractivity contribution in [1.82, 2.24) is 5.32 Å². The minimum atomic E-state index is -1.15. The Bertz CT molecular complexity index is 428. The molecule has 2 rings (SSSR count). The second-order valence-electron chi connectivity index (χ2n) is 6.84. The molecule has 0 aromatic rings. The Morgan fingerprint density at radius 2 is 2.14 bits per heavy atom. The molecule has 0 heterocycles. The highest BCUT2D eigenvalue weighted by atomic mass is 16.5. The van der Waals surface area contributed by atoms with E-state index in [0.717, 1.165) is 38.5 Å². The minimum absolute atomic E-state index is 0.0147. The molecule has 2 aliphatic rings. The number of carbonyl (C=O) groups excluding carboxylic acids is 2. The van der Waals surface area contributed by atoms with Crippen molar-refractivity contribution >= 4 is 11.9 Å². The summed E-state index contributed by atoms with van der Waals surface area (Å²) in [6.07, 6.45) is 4.17. The van der Waals surface area contributed by atoms with Crippen molar-refractivity contribution in [2.24, 2.45) is 23.0 Å². The van der Waals surface area contributed by atoms with Crippen LogP contribution in [0.15, 0.2) is 0 Å². The number of aliphatic hydroxyl groups excluding tert-OH is 1. The number of aliphatic hydroxyl groups is 1. The third-order valence-electron chi connectivity index (χ3n) is 5.57. The highest BCUT2D eigenvalue weighted by Gasteiger charge is 2.49. The summed E-state index contributed by atoms with van der Waals surface area (Å²) in [5.41, 5.74) is 4.91. The van der Waals surface area contributed by atoms with E-state index in [1.807, 2.05) is 6.92 Å². The number of fused-ring (bicyclic) bond motifs is 2. The van der Waals surface area contributed by atoms with Gasteiger partial charge in [-0.2, -0.15) is 0 Å². The summed E-state index contributed by atoms with van der Waals surface area (Å²) < 4.78 is 5.04. The number of nitrogens with two attached hydrogens (primary N) is 1. The summed E-state index contributed by atoms with van der Waals surface area (Å²) in [5, 5.41) is 12.5. The van der Waals surface area contributed by atoms with Crippen molar-refractivity contribution < 1.29 is 19.4 Å². The van der Waals surface area contributed by atoms with E-state index in [9.17, 15) is 14.7 Å². The van der Waals surface area contributed by atoms with Crippen molar-refractivity contribution in [3.05, 3.63) is 0 Å². The van der Waals surface area contributed by atoms with Gasteiger partial charge in [-0.15, -0.1) is 0 Å². The molecule has 0 saturated heterocycles. The van der Waals surface area contributed by atoms with E-state index in [1.165, 1.54) is 7.11 Å². The normalized spacial score (nSPS) is 35.5. The topological polar surface area (TPSA) is 102 Å². The molecule has 6 nitrogen and oxygen atoms in total. The van der Waals surface area contributed by atoms with Gasteiger partial charge in [-0.3, -0.25) is 9.59 Å².